The zero-order valence-electron chi connectivity index (χ0n) is 9.95. The molecule has 0 aliphatic heterocycles. The molecule has 6 heteroatoms. The van der Waals surface area contributed by atoms with Crippen LogP contribution in [0.3, 0.4) is 0 Å². The van der Waals surface area contributed by atoms with E-state index in [0.717, 1.165) is 31.5 Å². The largest absolute Gasteiger partial charge is 0.396 e. The van der Waals surface area contributed by atoms with Crippen LogP contribution in [0.4, 0.5) is 0 Å². The third-order valence-corrected chi connectivity index (χ3v) is 2.70. The molecule has 0 amide bonds. The maximum absolute atomic E-state index is 8.73. The highest BCUT2D eigenvalue weighted by atomic mass is 16.2. The van der Waals surface area contributed by atoms with Crippen LogP contribution >= 0.6 is 0 Å². The summed E-state index contributed by atoms with van der Waals surface area (Å²) in [5.74, 6) is 0. The second-order valence-corrected chi connectivity index (χ2v) is 4.00. The summed E-state index contributed by atoms with van der Waals surface area (Å²) in [7, 11) is 1.93. The van der Waals surface area contributed by atoms with Crippen molar-refractivity contribution in [2.45, 2.75) is 25.8 Å². The van der Waals surface area contributed by atoms with Gasteiger partial charge in [0.2, 0.25) is 0 Å². The first-order chi connectivity index (χ1) is 8.29. The molecule has 92 valence electrons. The van der Waals surface area contributed by atoms with Crippen LogP contribution < -0.4 is 0 Å². The number of hydrogen-bond acceptors (Lipinski definition) is 4. The van der Waals surface area contributed by atoms with Gasteiger partial charge in [0, 0.05) is 44.7 Å². The van der Waals surface area contributed by atoms with Crippen LogP contribution in [0.15, 0.2) is 18.5 Å². The molecule has 0 saturated heterocycles. The van der Waals surface area contributed by atoms with Gasteiger partial charge in [0.25, 0.3) is 0 Å². The minimum absolute atomic E-state index is 0.196. The van der Waals surface area contributed by atoms with E-state index >= 15 is 0 Å². The van der Waals surface area contributed by atoms with Crippen molar-refractivity contribution in [2.75, 3.05) is 6.61 Å². The van der Waals surface area contributed by atoms with Crippen molar-refractivity contribution in [3.8, 4) is 0 Å². The number of rotatable bonds is 6. The molecule has 17 heavy (non-hydrogen) atoms. The highest BCUT2D eigenvalue weighted by molar-refractivity contribution is 5.00. The predicted molar refractivity (Wildman–Crippen MR) is 62.3 cm³/mol. The van der Waals surface area contributed by atoms with E-state index in [4.69, 9.17) is 5.11 Å². The molecule has 2 aromatic heterocycles. The molecule has 2 heterocycles. The van der Waals surface area contributed by atoms with Gasteiger partial charge in [0.15, 0.2) is 0 Å². The Kier molecular flexibility index (Phi) is 3.87. The minimum atomic E-state index is 0.196. The lowest BCUT2D eigenvalue weighted by Gasteiger charge is -2.01. The number of aliphatic hydroxyl groups excluding tert-OH is 1. The van der Waals surface area contributed by atoms with Crippen LogP contribution in [0.1, 0.15) is 17.8 Å². The fraction of sp³-hybridized carbons (Fsp3) is 0.545. The van der Waals surface area contributed by atoms with Gasteiger partial charge in [-0.25, -0.2) is 0 Å². The third-order valence-electron chi connectivity index (χ3n) is 2.70. The highest BCUT2D eigenvalue weighted by Gasteiger charge is 2.02. The van der Waals surface area contributed by atoms with Gasteiger partial charge in [-0.2, -0.15) is 5.10 Å². The van der Waals surface area contributed by atoms with Crippen LogP contribution in [0.2, 0.25) is 0 Å². The Balaban J connectivity index is 1.87. The van der Waals surface area contributed by atoms with Crippen molar-refractivity contribution in [2.24, 2.45) is 7.05 Å². The SMILES string of the molecule is Cn1nccc1CCn1cc(CCCO)nn1. The molecule has 0 aliphatic carbocycles. The summed E-state index contributed by atoms with van der Waals surface area (Å²) in [5, 5.41) is 21.0. The van der Waals surface area contributed by atoms with E-state index in [0.29, 0.717) is 0 Å². The summed E-state index contributed by atoms with van der Waals surface area (Å²) in [6, 6.07) is 2.00. The molecule has 0 bridgehead atoms. The smallest absolute Gasteiger partial charge is 0.0828 e. The van der Waals surface area contributed by atoms with E-state index in [1.165, 1.54) is 5.69 Å². The second-order valence-electron chi connectivity index (χ2n) is 4.00. The molecule has 0 saturated carbocycles. The summed E-state index contributed by atoms with van der Waals surface area (Å²) in [4.78, 5) is 0. The van der Waals surface area contributed by atoms with E-state index in [2.05, 4.69) is 15.4 Å². The molecule has 0 radical (unpaired) electrons. The van der Waals surface area contributed by atoms with Crippen LogP contribution in [0, 0.1) is 0 Å². The van der Waals surface area contributed by atoms with Gasteiger partial charge in [-0.15, -0.1) is 5.10 Å². The molecular weight excluding hydrogens is 218 g/mol. The lowest BCUT2D eigenvalue weighted by Crippen LogP contribution is -2.06. The number of aliphatic hydroxyl groups is 1. The molecule has 0 aromatic carbocycles. The van der Waals surface area contributed by atoms with Crippen LogP contribution in [0.25, 0.3) is 0 Å². The van der Waals surface area contributed by atoms with Gasteiger partial charge >= 0.3 is 0 Å². The topological polar surface area (TPSA) is 68.8 Å². The quantitative estimate of drug-likeness (QED) is 0.775. The first kappa shape index (κ1) is 11.8. The maximum Gasteiger partial charge on any atom is 0.0828 e. The average molecular weight is 235 g/mol. The molecule has 0 atom stereocenters. The lowest BCUT2D eigenvalue weighted by atomic mass is 10.2. The molecular formula is C11H17N5O. The number of nitrogens with zero attached hydrogens (tertiary/aromatic N) is 5. The molecule has 1 N–H and O–H groups in total. The van der Waals surface area contributed by atoms with Gasteiger partial charge < -0.3 is 5.11 Å². The summed E-state index contributed by atoms with van der Waals surface area (Å²) >= 11 is 0. The van der Waals surface area contributed by atoms with Gasteiger partial charge in [-0.3, -0.25) is 9.36 Å². The van der Waals surface area contributed by atoms with Gasteiger partial charge in [0.05, 0.1) is 5.69 Å². The lowest BCUT2D eigenvalue weighted by molar-refractivity contribution is 0.288. The zero-order chi connectivity index (χ0) is 12.1. The van der Waals surface area contributed by atoms with E-state index in [1.807, 2.05) is 28.7 Å². The summed E-state index contributed by atoms with van der Waals surface area (Å²) < 4.78 is 3.70. The number of aryl methyl sites for hydroxylation is 4. The molecule has 6 nitrogen and oxygen atoms in total. The summed E-state index contributed by atoms with van der Waals surface area (Å²) in [6.07, 6.45) is 6.14. The fourth-order valence-corrected chi connectivity index (χ4v) is 1.70. The first-order valence-corrected chi connectivity index (χ1v) is 5.76. The zero-order valence-corrected chi connectivity index (χ0v) is 9.95. The van der Waals surface area contributed by atoms with E-state index in [9.17, 15) is 0 Å². The van der Waals surface area contributed by atoms with Gasteiger partial charge in [-0.1, -0.05) is 5.21 Å². The molecule has 0 fully saturated rings. The monoisotopic (exact) mass is 235 g/mol. The summed E-state index contributed by atoms with van der Waals surface area (Å²) in [5.41, 5.74) is 2.11. The first-order valence-electron chi connectivity index (χ1n) is 5.76. The van der Waals surface area contributed by atoms with Crippen molar-refractivity contribution < 1.29 is 5.11 Å². The Hall–Kier alpha value is -1.69. The van der Waals surface area contributed by atoms with E-state index in [1.54, 1.807) is 6.20 Å². The fourth-order valence-electron chi connectivity index (χ4n) is 1.70. The Morgan fingerprint density at radius 3 is 2.94 bits per heavy atom. The molecule has 2 rings (SSSR count). The number of hydrogen-bond donors (Lipinski definition) is 1. The minimum Gasteiger partial charge on any atom is -0.396 e. The Morgan fingerprint density at radius 1 is 1.35 bits per heavy atom. The maximum atomic E-state index is 8.73. The van der Waals surface area contributed by atoms with E-state index < -0.39 is 0 Å². The van der Waals surface area contributed by atoms with Gasteiger partial charge in [0.1, 0.15) is 0 Å². The Morgan fingerprint density at radius 2 is 2.24 bits per heavy atom. The highest BCUT2D eigenvalue weighted by Crippen LogP contribution is 2.02. The predicted octanol–water partition coefficient (Wildman–Crippen LogP) is 0.179. The second kappa shape index (κ2) is 5.58. The average Bonchev–Trinajstić information content (AvgIpc) is 2.93. The van der Waals surface area contributed by atoms with Crippen molar-refractivity contribution in [3.63, 3.8) is 0 Å². The normalized spacial score (nSPS) is 10.9. The molecule has 2 aromatic rings. The van der Waals surface area contributed by atoms with Crippen LogP contribution in [0.5, 0.6) is 0 Å². The van der Waals surface area contributed by atoms with Crippen molar-refractivity contribution in [1.82, 2.24) is 24.8 Å². The van der Waals surface area contributed by atoms with Crippen molar-refractivity contribution >= 4 is 0 Å². The Bertz CT molecular complexity index is 462. The molecule has 0 spiro atoms. The van der Waals surface area contributed by atoms with E-state index in [-0.39, 0.29) is 6.61 Å². The summed E-state index contributed by atoms with van der Waals surface area (Å²) in [6.45, 7) is 0.994. The van der Waals surface area contributed by atoms with Crippen molar-refractivity contribution in [1.29, 1.82) is 0 Å². The molecule has 0 unspecified atom stereocenters. The van der Waals surface area contributed by atoms with Crippen molar-refractivity contribution in [3.05, 3.63) is 29.8 Å². The Labute approximate surface area is 99.9 Å². The van der Waals surface area contributed by atoms with Crippen LogP contribution in [-0.2, 0) is 26.4 Å². The van der Waals surface area contributed by atoms with Crippen LogP contribution in [-0.4, -0.2) is 36.5 Å². The van der Waals surface area contributed by atoms with Gasteiger partial charge in [-0.05, 0) is 18.9 Å². The standard InChI is InChI=1S/C11H17N5O/c1-15-11(4-6-12-15)5-7-16-9-10(13-14-16)3-2-8-17/h4,6,9,17H,2-3,5,7-8H2,1H3. The third kappa shape index (κ3) is 3.13. The molecule has 0 aliphatic rings. The number of aromatic nitrogens is 5.